The third-order valence-electron chi connectivity index (χ3n) is 2.33. The van der Waals surface area contributed by atoms with Crippen LogP contribution in [0, 0.1) is 0 Å². The predicted octanol–water partition coefficient (Wildman–Crippen LogP) is 1.54. The Labute approximate surface area is 139 Å². The summed E-state index contributed by atoms with van der Waals surface area (Å²) in [6.45, 7) is 2.00. The summed E-state index contributed by atoms with van der Waals surface area (Å²) in [5.74, 6) is 0. The fourth-order valence-electron chi connectivity index (χ4n) is 1.02. The molecule has 0 aromatic carbocycles. The molecule has 16 heteroatoms. The molecule has 1 heterocycles. The van der Waals surface area contributed by atoms with Gasteiger partial charge in [-0.1, -0.05) is 0 Å². The number of methoxy groups -OCH3 is 1. The summed E-state index contributed by atoms with van der Waals surface area (Å²) in [5, 5.41) is 0. The van der Waals surface area contributed by atoms with Crippen LogP contribution in [0.4, 0.5) is 26.3 Å². The van der Waals surface area contributed by atoms with E-state index in [1.54, 1.807) is 7.11 Å². The van der Waals surface area contributed by atoms with E-state index in [0.29, 0.717) is 0 Å². The van der Waals surface area contributed by atoms with Crippen molar-refractivity contribution in [3.8, 4) is 0 Å². The van der Waals surface area contributed by atoms with Crippen molar-refractivity contribution in [2.45, 2.75) is 24.2 Å². The Morgan fingerprint density at radius 2 is 1.44 bits per heavy atom. The van der Waals surface area contributed by atoms with E-state index in [9.17, 15) is 43.2 Å². The normalized spacial score (nSPS) is 14.6. The summed E-state index contributed by atoms with van der Waals surface area (Å²) in [4.78, 5) is 0. The number of aromatic nitrogens is 2. The van der Waals surface area contributed by atoms with Gasteiger partial charge in [0.05, 0.1) is 7.05 Å². The number of hydrogen-bond acceptors (Lipinski definition) is 5. The van der Waals surface area contributed by atoms with E-state index in [2.05, 4.69) is 0 Å². The van der Waals surface area contributed by atoms with Gasteiger partial charge in [0.1, 0.15) is 12.4 Å². The SMILES string of the molecule is COC(C)n1cc[n+](C)c1.O=S(=O)([N-]S(=O)(=O)C(F)(F)F)C(F)(F)F. The molecule has 1 aromatic rings. The minimum absolute atomic E-state index is 0.126. The van der Waals surface area contributed by atoms with Crippen molar-refractivity contribution in [2.75, 3.05) is 7.11 Å². The number of imidazole rings is 1. The Bertz CT molecular complexity index is 726. The first kappa shape index (κ1) is 23.6. The van der Waals surface area contributed by atoms with Crippen LogP contribution in [0.2, 0.25) is 0 Å². The number of rotatable bonds is 4. The summed E-state index contributed by atoms with van der Waals surface area (Å²) in [5.41, 5.74) is -12.4. The third-order valence-corrected chi connectivity index (χ3v) is 5.07. The molecule has 0 saturated heterocycles. The highest BCUT2D eigenvalue weighted by molar-refractivity contribution is 8.13. The average molecular weight is 421 g/mol. The molecule has 0 spiro atoms. The molecule has 0 fully saturated rings. The van der Waals surface area contributed by atoms with Crippen LogP contribution in [0.1, 0.15) is 13.2 Å². The maximum absolute atomic E-state index is 11.4. The summed E-state index contributed by atoms with van der Waals surface area (Å²) in [6, 6.07) is 0. The number of halogens is 6. The van der Waals surface area contributed by atoms with Crippen LogP contribution in [0.5, 0.6) is 0 Å². The van der Waals surface area contributed by atoms with E-state index in [-0.39, 0.29) is 6.23 Å². The number of hydrogen-bond donors (Lipinski definition) is 0. The number of alkyl halides is 6. The van der Waals surface area contributed by atoms with Crippen LogP contribution in [0.3, 0.4) is 0 Å². The molecular formula is C9H13F6N3O5S2. The van der Waals surface area contributed by atoms with Gasteiger partial charge in [-0.25, -0.2) is 26.0 Å². The first-order valence-corrected chi connectivity index (χ1v) is 8.75. The lowest BCUT2D eigenvalue weighted by Crippen LogP contribution is -2.30. The van der Waals surface area contributed by atoms with E-state index in [1.807, 2.05) is 41.8 Å². The van der Waals surface area contributed by atoms with Crippen molar-refractivity contribution < 1.29 is 52.5 Å². The molecule has 1 rings (SSSR count). The quantitative estimate of drug-likeness (QED) is 0.542. The molecule has 25 heavy (non-hydrogen) atoms. The number of ether oxygens (including phenoxy) is 1. The van der Waals surface area contributed by atoms with E-state index < -0.39 is 31.1 Å². The highest BCUT2D eigenvalue weighted by atomic mass is 32.3. The standard InChI is InChI=1S/C7H13N2O.C2F6NO4S2/c1-7(10-3)9-5-4-8(2)6-9;3-1(4,5)14(10,11)9-15(12,13)2(6,7)8/h4-7H,1-3H3;/q+1;-1. The van der Waals surface area contributed by atoms with Crippen molar-refractivity contribution in [3.63, 3.8) is 0 Å². The second-order valence-corrected chi connectivity index (χ2v) is 7.70. The number of sulfonamides is 2. The lowest BCUT2D eigenvalue weighted by molar-refractivity contribution is -0.671. The molecule has 148 valence electrons. The molecule has 0 aliphatic carbocycles. The topological polar surface area (TPSA) is 100 Å². The molecule has 0 radical (unpaired) electrons. The van der Waals surface area contributed by atoms with E-state index in [4.69, 9.17) is 4.74 Å². The lowest BCUT2D eigenvalue weighted by atomic mass is 10.6. The molecule has 1 aromatic heterocycles. The number of aryl methyl sites for hydroxylation is 1. The average Bonchev–Trinajstić information content (AvgIpc) is 2.81. The van der Waals surface area contributed by atoms with Crippen LogP contribution in [0.15, 0.2) is 18.7 Å². The minimum atomic E-state index is -6.72. The van der Waals surface area contributed by atoms with Crippen molar-refractivity contribution in [1.29, 1.82) is 0 Å². The summed E-state index contributed by atoms with van der Waals surface area (Å²) >= 11 is 0. The predicted molar refractivity (Wildman–Crippen MR) is 70.6 cm³/mol. The Morgan fingerprint density at radius 3 is 1.68 bits per heavy atom. The molecule has 0 saturated carbocycles. The monoisotopic (exact) mass is 421 g/mol. The molecule has 1 atom stereocenters. The Hall–Kier alpha value is -1.39. The minimum Gasteiger partial charge on any atom is -0.421 e. The van der Waals surface area contributed by atoms with Crippen LogP contribution in [-0.2, 0) is 31.8 Å². The molecule has 0 aliphatic heterocycles. The molecule has 0 N–H and O–H groups in total. The lowest BCUT2D eigenvalue weighted by Gasteiger charge is -2.22. The summed E-state index contributed by atoms with van der Waals surface area (Å²) in [6.07, 6.45) is 6.07. The van der Waals surface area contributed by atoms with Gasteiger partial charge in [-0.15, -0.1) is 0 Å². The van der Waals surface area contributed by atoms with Crippen molar-refractivity contribution in [1.82, 2.24) is 4.57 Å². The molecular weight excluding hydrogens is 408 g/mol. The third kappa shape index (κ3) is 6.79. The van der Waals surface area contributed by atoms with Gasteiger partial charge in [-0.2, -0.15) is 26.3 Å². The van der Waals surface area contributed by atoms with E-state index in [0.717, 1.165) is 4.13 Å². The molecule has 8 nitrogen and oxygen atoms in total. The van der Waals surface area contributed by atoms with Crippen LogP contribution in [0.25, 0.3) is 4.13 Å². The molecule has 1 unspecified atom stereocenters. The number of nitrogens with zero attached hydrogens (tertiary/aromatic N) is 3. The van der Waals surface area contributed by atoms with E-state index >= 15 is 0 Å². The van der Waals surface area contributed by atoms with Crippen LogP contribution < -0.4 is 4.57 Å². The highest BCUT2D eigenvalue weighted by Crippen LogP contribution is 2.36. The molecule has 0 amide bonds. The van der Waals surface area contributed by atoms with Gasteiger partial charge < -0.3 is 8.86 Å². The van der Waals surface area contributed by atoms with Gasteiger partial charge in [0.2, 0.25) is 6.33 Å². The fourth-order valence-corrected chi connectivity index (χ4v) is 2.73. The Kier molecular flexibility index (Phi) is 7.44. The second-order valence-electron chi connectivity index (χ2n) is 4.28. The summed E-state index contributed by atoms with van der Waals surface area (Å²) < 4.78 is 118. The van der Waals surface area contributed by atoms with Gasteiger partial charge >= 0.3 is 11.0 Å². The molecule has 0 bridgehead atoms. The second kappa shape index (κ2) is 7.88. The van der Waals surface area contributed by atoms with Gasteiger partial charge in [0.15, 0.2) is 26.3 Å². The first-order valence-electron chi connectivity index (χ1n) is 5.87. The van der Waals surface area contributed by atoms with Gasteiger partial charge in [0, 0.05) is 14.0 Å². The Balaban J connectivity index is 0.000000496. The zero-order chi connectivity index (χ0) is 20.3. The zero-order valence-electron chi connectivity index (χ0n) is 12.8. The summed E-state index contributed by atoms with van der Waals surface area (Å²) in [7, 11) is -9.76. The Morgan fingerprint density at radius 1 is 1.04 bits per heavy atom. The smallest absolute Gasteiger partial charge is 0.421 e. The van der Waals surface area contributed by atoms with Gasteiger partial charge in [0.25, 0.3) is 0 Å². The van der Waals surface area contributed by atoms with Crippen LogP contribution in [-0.4, -0.2) is 39.5 Å². The van der Waals surface area contributed by atoms with Crippen molar-refractivity contribution >= 4 is 20.0 Å². The van der Waals surface area contributed by atoms with Gasteiger partial charge in [-0.3, -0.25) is 0 Å². The van der Waals surface area contributed by atoms with Crippen LogP contribution >= 0.6 is 0 Å². The van der Waals surface area contributed by atoms with E-state index in [1.165, 1.54) is 0 Å². The van der Waals surface area contributed by atoms with Crippen molar-refractivity contribution in [3.05, 3.63) is 22.8 Å². The first-order chi connectivity index (χ1) is 10.9. The van der Waals surface area contributed by atoms with Gasteiger partial charge in [-0.05, 0) is 0 Å². The maximum atomic E-state index is 11.4. The zero-order valence-corrected chi connectivity index (χ0v) is 14.4. The largest absolute Gasteiger partial charge is 0.480 e. The molecule has 0 aliphatic rings. The fraction of sp³-hybridized carbons (Fsp3) is 0.667. The highest BCUT2D eigenvalue weighted by Gasteiger charge is 2.46. The van der Waals surface area contributed by atoms with Crippen molar-refractivity contribution in [2.24, 2.45) is 7.05 Å². The maximum Gasteiger partial charge on any atom is 0.480 e.